The molecule has 1 aliphatic heterocycles. The predicted molar refractivity (Wildman–Crippen MR) is 68.1 cm³/mol. The molecule has 0 saturated carbocycles. The first-order valence-corrected chi connectivity index (χ1v) is 6.19. The summed E-state index contributed by atoms with van der Waals surface area (Å²) in [6, 6.07) is 0. The Hall–Kier alpha value is -1.56. The molecule has 2 heterocycles. The van der Waals surface area contributed by atoms with Crippen LogP contribution in [0.2, 0.25) is 0 Å². The summed E-state index contributed by atoms with van der Waals surface area (Å²) >= 11 is 0. The van der Waals surface area contributed by atoms with E-state index in [4.69, 9.17) is 10.5 Å². The van der Waals surface area contributed by atoms with Crippen LogP contribution in [0.15, 0.2) is 6.20 Å². The van der Waals surface area contributed by atoms with Crippen LogP contribution in [0.25, 0.3) is 0 Å². The molecule has 0 aliphatic carbocycles. The molecule has 1 saturated heterocycles. The Morgan fingerprint density at radius 3 is 2.72 bits per heavy atom. The number of likely N-dealkylation sites (tertiary alicyclic amines) is 1. The van der Waals surface area contributed by atoms with Crippen molar-refractivity contribution in [2.24, 2.45) is 13.0 Å². The summed E-state index contributed by atoms with van der Waals surface area (Å²) < 4.78 is 6.67. The van der Waals surface area contributed by atoms with E-state index in [9.17, 15) is 4.79 Å². The maximum atomic E-state index is 12.3. The molecule has 0 aromatic carbocycles. The minimum Gasteiger partial charge on any atom is -0.384 e. The third-order valence-corrected chi connectivity index (χ3v) is 3.52. The molecule has 1 aliphatic rings. The van der Waals surface area contributed by atoms with E-state index in [1.165, 1.54) is 4.68 Å². The molecule has 1 amide bonds. The predicted octanol–water partition coefficient (Wildman–Crippen LogP) is 0.501. The van der Waals surface area contributed by atoms with Crippen molar-refractivity contribution in [3.05, 3.63) is 11.8 Å². The first kappa shape index (κ1) is 12.9. The number of hydrogen-bond acceptors (Lipinski definition) is 4. The van der Waals surface area contributed by atoms with Crippen molar-refractivity contribution in [2.75, 3.05) is 32.5 Å². The second kappa shape index (κ2) is 5.39. The monoisotopic (exact) mass is 252 g/mol. The second-order valence-electron chi connectivity index (χ2n) is 4.76. The van der Waals surface area contributed by atoms with Gasteiger partial charge in [-0.15, -0.1) is 0 Å². The minimum atomic E-state index is -0.0172. The van der Waals surface area contributed by atoms with Gasteiger partial charge in [-0.05, 0) is 18.8 Å². The van der Waals surface area contributed by atoms with Crippen LogP contribution in [-0.4, -0.2) is 47.4 Å². The number of carbonyl (C=O) groups is 1. The molecule has 6 heteroatoms. The number of nitrogen functional groups attached to an aromatic ring is 1. The summed E-state index contributed by atoms with van der Waals surface area (Å²) in [6.45, 7) is 2.31. The highest BCUT2D eigenvalue weighted by Gasteiger charge is 2.25. The normalized spacial score (nSPS) is 17.1. The van der Waals surface area contributed by atoms with Gasteiger partial charge < -0.3 is 15.4 Å². The number of nitrogens with two attached hydrogens (primary N) is 1. The van der Waals surface area contributed by atoms with Crippen molar-refractivity contribution in [3.63, 3.8) is 0 Å². The van der Waals surface area contributed by atoms with Crippen LogP contribution in [0.5, 0.6) is 0 Å². The number of aromatic nitrogens is 2. The van der Waals surface area contributed by atoms with Gasteiger partial charge in [0.1, 0.15) is 11.4 Å². The molecule has 2 N–H and O–H groups in total. The van der Waals surface area contributed by atoms with Crippen LogP contribution in [0, 0.1) is 5.92 Å². The maximum Gasteiger partial charge on any atom is 0.259 e. The summed E-state index contributed by atoms with van der Waals surface area (Å²) in [5.41, 5.74) is 6.32. The summed E-state index contributed by atoms with van der Waals surface area (Å²) in [7, 11) is 3.45. The van der Waals surface area contributed by atoms with Crippen LogP contribution < -0.4 is 5.73 Å². The molecule has 0 unspecified atom stereocenters. The third-order valence-electron chi connectivity index (χ3n) is 3.52. The van der Waals surface area contributed by atoms with Gasteiger partial charge in [-0.3, -0.25) is 9.48 Å². The number of anilines is 1. The van der Waals surface area contributed by atoms with Crippen molar-refractivity contribution >= 4 is 11.7 Å². The van der Waals surface area contributed by atoms with Gasteiger partial charge >= 0.3 is 0 Å². The van der Waals surface area contributed by atoms with E-state index in [0.717, 1.165) is 32.5 Å². The molecule has 18 heavy (non-hydrogen) atoms. The van der Waals surface area contributed by atoms with Gasteiger partial charge in [0.05, 0.1) is 6.20 Å². The molecule has 1 fully saturated rings. The Labute approximate surface area is 107 Å². The van der Waals surface area contributed by atoms with Gasteiger partial charge in [-0.2, -0.15) is 5.10 Å². The number of piperidine rings is 1. The largest absolute Gasteiger partial charge is 0.384 e. The van der Waals surface area contributed by atoms with E-state index >= 15 is 0 Å². The number of ether oxygens (including phenoxy) is 1. The maximum absolute atomic E-state index is 12.3. The van der Waals surface area contributed by atoms with E-state index < -0.39 is 0 Å². The number of carbonyl (C=O) groups excluding carboxylic acids is 1. The average Bonchev–Trinajstić information content (AvgIpc) is 2.71. The number of rotatable bonds is 3. The van der Waals surface area contributed by atoms with Crippen LogP contribution in [0.4, 0.5) is 5.82 Å². The SMILES string of the molecule is COCC1CCN(C(=O)c2cnn(C)c2N)CC1. The Morgan fingerprint density at radius 1 is 1.56 bits per heavy atom. The highest BCUT2D eigenvalue weighted by Crippen LogP contribution is 2.20. The number of nitrogens with zero attached hydrogens (tertiary/aromatic N) is 3. The number of hydrogen-bond donors (Lipinski definition) is 1. The van der Waals surface area contributed by atoms with Gasteiger partial charge in [0, 0.05) is 33.9 Å². The average molecular weight is 252 g/mol. The van der Waals surface area contributed by atoms with Crippen LogP contribution in [0.3, 0.4) is 0 Å². The minimum absolute atomic E-state index is 0.0172. The Balaban J connectivity index is 1.97. The zero-order valence-corrected chi connectivity index (χ0v) is 10.9. The summed E-state index contributed by atoms with van der Waals surface area (Å²) in [4.78, 5) is 14.1. The van der Waals surface area contributed by atoms with Gasteiger partial charge in [-0.25, -0.2) is 0 Å². The van der Waals surface area contributed by atoms with Crippen molar-refractivity contribution in [2.45, 2.75) is 12.8 Å². The highest BCUT2D eigenvalue weighted by atomic mass is 16.5. The topological polar surface area (TPSA) is 73.4 Å². The van der Waals surface area contributed by atoms with Crippen LogP contribution >= 0.6 is 0 Å². The summed E-state index contributed by atoms with van der Waals surface area (Å²) in [5.74, 6) is 0.973. The lowest BCUT2D eigenvalue weighted by molar-refractivity contribution is 0.0614. The van der Waals surface area contributed by atoms with Gasteiger partial charge in [-0.1, -0.05) is 0 Å². The fourth-order valence-electron chi connectivity index (χ4n) is 2.32. The van der Waals surface area contributed by atoms with E-state index in [1.807, 2.05) is 4.90 Å². The Bertz CT molecular complexity index is 422. The van der Waals surface area contributed by atoms with Gasteiger partial charge in [0.25, 0.3) is 5.91 Å². The zero-order chi connectivity index (χ0) is 13.1. The molecule has 0 atom stereocenters. The van der Waals surface area contributed by atoms with Crippen LogP contribution in [-0.2, 0) is 11.8 Å². The van der Waals surface area contributed by atoms with E-state index in [1.54, 1.807) is 20.4 Å². The van der Waals surface area contributed by atoms with Crippen molar-refractivity contribution in [1.82, 2.24) is 14.7 Å². The first-order chi connectivity index (χ1) is 8.63. The summed E-state index contributed by atoms with van der Waals surface area (Å²) in [5, 5.41) is 4.00. The quantitative estimate of drug-likeness (QED) is 0.850. The summed E-state index contributed by atoms with van der Waals surface area (Å²) in [6.07, 6.45) is 3.51. The molecule has 6 nitrogen and oxygen atoms in total. The lowest BCUT2D eigenvalue weighted by Crippen LogP contribution is -2.39. The fourth-order valence-corrected chi connectivity index (χ4v) is 2.32. The van der Waals surface area contributed by atoms with Crippen molar-refractivity contribution in [3.8, 4) is 0 Å². The fraction of sp³-hybridized carbons (Fsp3) is 0.667. The molecule has 1 aromatic heterocycles. The van der Waals surface area contributed by atoms with E-state index in [0.29, 0.717) is 17.3 Å². The molecule has 0 spiro atoms. The van der Waals surface area contributed by atoms with Crippen LogP contribution in [0.1, 0.15) is 23.2 Å². The molecule has 0 bridgehead atoms. The lowest BCUT2D eigenvalue weighted by atomic mass is 9.97. The molecule has 2 rings (SSSR count). The standard InChI is InChI=1S/C12H20N4O2/c1-15-11(13)10(7-14-15)12(17)16-5-3-9(4-6-16)8-18-2/h7,9H,3-6,8,13H2,1-2H3. The number of methoxy groups -OCH3 is 1. The molecular formula is C12H20N4O2. The first-order valence-electron chi connectivity index (χ1n) is 6.19. The highest BCUT2D eigenvalue weighted by molar-refractivity contribution is 5.98. The lowest BCUT2D eigenvalue weighted by Gasteiger charge is -2.31. The Kier molecular flexibility index (Phi) is 3.86. The zero-order valence-electron chi connectivity index (χ0n) is 10.9. The molecule has 0 radical (unpaired) electrons. The second-order valence-corrected chi connectivity index (χ2v) is 4.76. The van der Waals surface area contributed by atoms with E-state index in [2.05, 4.69) is 5.10 Å². The smallest absolute Gasteiger partial charge is 0.259 e. The van der Waals surface area contributed by atoms with Gasteiger partial charge in [0.2, 0.25) is 0 Å². The third kappa shape index (κ3) is 2.48. The van der Waals surface area contributed by atoms with E-state index in [-0.39, 0.29) is 5.91 Å². The van der Waals surface area contributed by atoms with Gasteiger partial charge in [0.15, 0.2) is 0 Å². The Morgan fingerprint density at radius 2 is 2.22 bits per heavy atom. The number of amides is 1. The molecular weight excluding hydrogens is 232 g/mol. The number of aryl methyl sites for hydroxylation is 1. The van der Waals surface area contributed by atoms with Crippen molar-refractivity contribution < 1.29 is 9.53 Å². The molecule has 100 valence electrons. The van der Waals surface area contributed by atoms with Crippen molar-refractivity contribution in [1.29, 1.82) is 0 Å². The molecule has 1 aromatic rings.